The molecule has 1 rings (SSSR count). The minimum Gasteiger partial charge on any atom is -0.493 e. The van der Waals surface area contributed by atoms with Gasteiger partial charge in [0.1, 0.15) is 0 Å². The van der Waals surface area contributed by atoms with Crippen LogP contribution in [0.3, 0.4) is 0 Å². The summed E-state index contributed by atoms with van der Waals surface area (Å²) in [7, 11) is 4.44. The summed E-state index contributed by atoms with van der Waals surface area (Å²) in [5, 5.41) is 0. The van der Waals surface area contributed by atoms with Crippen LogP contribution in [0.2, 0.25) is 0 Å². The molecule has 16 heavy (non-hydrogen) atoms. The number of carbonyl (C=O) groups is 1. The highest BCUT2D eigenvalue weighted by molar-refractivity contribution is 5.94. The highest BCUT2D eigenvalue weighted by Gasteiger charge is 2.14. The average Bonchev–Trinajstić information content (AvgIpc) is 2.26. The number of ether oxygens (including phenoxy) is 3. The van der Waals surface area contributed by atoms with Crippen LogP contribution in [0.1, 0.15) is 10.4 Å². The van der Waals surface area contributed by atoms with Crippen molar-refractivity contribution in [3.63, 3.8) is 0 Å². The molecule has 6 heteroatoms. The predicted octanol–water partition coefficient (Wildman–Crippen LogP) is 1.23. The van der Waals surface area contributed by atoms with Crippen molar-refractivity contribution >= 4 is 18.3 Å². The van der Waals surface area contributed by atoms with Gasteiger partial charge in [0.25, 0.3) is 0 Å². The number of rotatable bonds is 4. The Morgan fingerprint density at radius 1 is 1.06 bits per heavy atom. The number of primary amides is 1. The molecule has 0 fully saturated rings. The maximum Gasteiger partial charge on any atom is 0.248 e. The lowest BCUT2D eigenvalue weighted by Crippen LogP contribution is -2.11. The van der Waals surface area contributed by atoms with E-state index in [1.165, 1.54) is 33.5 Å². The molecule has 0 atom stereocenters. The molecule has 0 spiro atoms. The first-order chi connectivity index (χ1) is 7.13. The minimum absolute atomic E-state index is 0. The van der Waals surface area contributed by atoms with Crippen molar-refractivity contribution in [2.24, 2.45) is 5.73 Å². The fourth-order valence-corrected chi connectivity index (χ4v) is 1.22. The first-order valence-electron chi connectivity index (χ1n) is 4.23. The van der Waals surface area contributed by atoms with E-state index >= 15 is 0 Å². The van der Waals surface area contributed by atoms with Crippen LogP contribution in [0, 0.1) is 0 Å². The van der Waals surface area contributed by atoms with Crippen molar-refractivity contribution in [3.05, 3.63) is 17.7 Å². The second-order valence-corrected chi connectivity index (χ2v) is 2.78. The molecule has 5 nitrogen and oxygen atoms in total. The summed E-state index contributed by atoms with van der Waals surface area (Å²) < 4.78 is 15.2. The first kappa shape index (κ1) is 14.4. The van der Waals surface area contributed by atoms with Crippen LogP contribution in [-0.4, -0.2) is 27.2 Å². The molecule has 0 aliphatic rings. The molecule has 1 amide bonds. The number of hydrogen-bond donors (Lipinski definition) is 1. The van der Waals surface area contributed by atoms with Gasteiger partial charge in [-0.1, -0.05) is 0 Å². The van der Waals surface area contributed by atoms with Gasteiger partial charge in [-0.2, -0.15) is 0 Å². The summed E-state index contributed by atoms with van der Waals surface area (Å²) in [6.07, 6.45) is 0. The van der Waals surface area contributed by atoms with Crippen LogP contribution >= 0.6 is 12.4 Å². The average molecular weight is 248 g/mol. The van der Waals surface area contributed by atoms with E-state index in [1.807, 2.05) is 0 Å². The molecule has 1 aromatic carbocycles. The number of methoxy groups -OCH3 is 3. The van der Waals surface area contributed by atoms with Crippen molar-refractivity contribution in [1.29, 1.82) is 0 Å². The lowest BCUT2D eigenvalue weighted by molar-refractivity contribution is 0.0999. The molecular formula is C10H14ClNO4. The largest absolute Gasteiger partial charge is 0.493 e. The summed E-state index contributed by atoms with van der Waals surface area (Å²) in [6, 6.07) is 3.01. The number of amides is 1. The van der Waals surface area contributed by atoms with Gasteiger partial charge in [-0.3, -0.25) is 4.79 Å². The summed E-state index contributed by atoms with van der Waals surface area (Å²) in [5.74, 6) is 0.704. The monoisotopic (exact) mass is 247 g/mol. The highest BCUT2D eigenvalue weighted by Crippen LogP contribution is 2.37. The van der Waals surface area contributed by atoms with Crippen molar-refractivity contribution in [2.75, 3.05) is 21.3 Å². The van der Waals surface area contributed by atoms with Crippen LogP contribution in [0.25, 0.3) is 0 Å². The van der Waals surface area contributed by atoms with Crippen LogP contribution in [0.4, 0.5) is 0 Å². The lowest BCUT2D eigenvalue weighted by atomic mass is 10.1. The molecule has 0 saturated heterocycles. The van der Waals surface area contributed by atoms with Gasteiger partial charge in [-0.05, 0) is 12.1 Å². The Morgan fingerprint density at radius 3 is 1.75 bits per heavy atom. The molecule has 0 radical (unpaired) electrons. The topological polar surface area (TPSA) is 70.8 Å². The van der Waals surface area contributed by atoms with E-state index in [0.29, 0.717) is 22.8 Å². The summed E-state index contributed by atoms with van der Waals surface area (Å²) in [4.78, 5) is 11.0. The third-order valence-corrected chi connectivity index (χ3v) is 1.95. The van der Waals surface area contributed by atoms with Gasteiger partial charge in [0, 0.05) is 5.56 Å². The second-order valence-electron chi connectivity index (χ2n) is 2.78. The molecule has 0 unspecified atom stereocenters. The molecule has 90 valence electrons. The molecule has 0 saturated carbocycles. The van der Waals surface area contributed by atoms with Gasteiger partial charge in [0.15, 0.2) is 11.5 Å². The minimum atomic E-state index is -0.547. The van der Waals surface area contributed by atoms with Gasteiger partial charge in [-0.25, -0.2) is 0 Å². The van der Waals surface area contributed by atoms with E-state index in [2.05, 4.69) is 0 Å². The van der Waals surface area contributed by atoms with Gasteiger partial charge in [0.2, 0.25) is 11.7 Å². The van der Waals surface area contributed by atoms with Gasteiger partial charge >= 0.3 is 0 Å². The molecule has 0 heterocycles. The van der Waals surface area contributed by atoms with Gasteiger partial charge in [-0.15, -0.1) is 12.4 Å². The molecule has 1 aromatic rings. The lowest BCUT2D eigenvalue weighted by Gasteiger charge is -2.12. The third-order valence-electron chi connectivity index (χ3n) is 1.95. The second kappa shape index (κ2) is 6.07. The van der Waals surface area contributed by atoms with Crippen LogP contribution in [-0.2, 0) is 0 Å². The SMILES string of the molecule is COc1cc(C(N)=O)cc(OC)c1OC.Cl. The Balaban J connectivity index is 0.00000225. The van der Waals surface area contributed by atoms with Crippen LogP contribution in [0.15, 0.2) is 12.1 Å². The molecule has 0 aliphatic carbocycles. The van der Waals surface area contributed by atoms with Gasteiger partial charge in [0.05, 0.1) is 21.3 Å². The van der Waals surface area contributed by atoms with E-state index in [-0.39, 0.29) is 12.4 Å². The number of halogens is 1. The number of carbonyl (C=O) groups excluding carboxylic acids is 1. The summed E-state index contributed by atoms with van der Waals surface area (Å²) in [5.41, 5.74) is 5.47. The Morgan fingerprint density at radius 2 is 1.50 bits per heavy atom. The zero-order valence-corrected chi connectivity index (χ0v) is 10.1. The Hall–Kier alpha value is -1.62. The normalized spacial score (nSPS) is 8.94. The fourth-order valence-electron chi connectivity index (χ4n) is 1.22. The predicted molar refractivity (Wildman–Crippen MR) is 61.9 cm³/mol. The number of nitrogens with two attached hydrogens (primary N) is 1. The Labute approximate surface area is 99.9 Å². The third kappa shape index (κ3) is 2.70. The molecular weight excluding hydrogens is 234 g/mol. The van der Waals surface area contributed by atoms with Crippen LogP contribution in [0.5, 0.6) is 17.2 Å². The van der Waals surface area contributed by atoms with Gasteiger partial charge < -0.3 is 19.9 Å². The Kier molecular flexibility index (Phi) is 5.46. The van der Waals surface area contributed by atoms with E-state index in [0.717, 1.165) is 0 Å². The van der Waals surface area contributed by atoms with E-state index in [1.54, 1.807) is 0 Å². The van der Waals surface area contributed by atoms with Crippen molar-refractivity contribution in [1.82, 2.24) is 0 Å². The molecule has 0 aliphatic heterocycles. The van der Waals surface area contributed by atoms with Crippen molar-refractivity contribution in [2.45, 2.75) is 0 Å². The number of hydrogen-bond acceptors (Lipinski definition) is 4. The van der Waals surface area contributed by atoms with Crippen molar-refractivity contribution in [3.8, 4) is 17.2 Å². The standard InChI is InChI=1S/C10H13NO4.ClH/c1-13-7-4-6(10(11)12)5-8(14-2)9(7)15-3;/h4-5H,1-3H3,(H2,11,12);1H. The highest BCUT2D eigenvalue weighted by atomic mass is 35.5. The summed E-state index contributed by atoms with van der Waals surface area (Å²) >= 11 is 0. The molecule has 0 bridgehead atoms. The smallest absolute Gasteiger partial charge is 0.248 e. The molecule has 0 aromatic heterocycles. The summed E-state index contributed by atoms with van der Waals surface area (Å²) in [6.45, 7) is 0. The van der Waals surface area contributed by atoms with Crippen LogP contribution < -0.4 is 19.9 Å². The maximum atomic E-state index is 11.0. The van der Waals surface area contributed by atoms with Crippen molar-refractivity contribution < 1.29 is 19.0 Å². The Bertz CT molecular complexity index is 356. The zero-order chi connectivity index (χ0) is 11.4. The first-order valence-corrected chi connectivity index (χ1v) is 4.23. The number of benzene rings is 1. The molecule has 2 N–H and O–H groups in total. The van der Waals surface area contributed by atoms with E-state index in [9.17, 15) is 4.79 Å². The van der Waals surface area contributed by atoms with E-state index in [4.69, 9.17) is 19.9 Å². The quantitative estimate of drug-likeness (QED) is 0.869. The zero-order valence-electron chi connectivity index (χ0n) is 9.27. The van der Waals surface area contributed by atoms with E-state index < -0.39 is 5.91 Å². The fraction of sp³-hybridized carbons (Fsp3) is 0.300. The maximum absolute atomic E-state index is 11.0.